The second-order valence-electron chi connectivity index (χ2n) is 7.73. The highest BCUT2D eigenvalue weighted by Crippen LogP contribution is 2.27. The number of ether oxygens (including phenoxy) is 3. The van der Waals surface area contributed by atoms with Crippen molar-refractivity contribution >= 4 is 16.9 Å². The Bertz CT molecular complexity index is 1130. The first-order chi connectivity index (χ1) is 14.9. The maximum atomic E-state index is 12.9. The average molecular weight is 423 g/mol. The van der Waals surface area contributed by atoms with Crippen LogP contribution in [-0.2, 0) is 9.53 Å². The Hall–Kier alpha value is -3.32. The number of carbonyl (C=O) groups is 1. The van der Waals surface area contributed by atoms with Crippen molar-refractivity contribution in [3.63, 3.8) is 0 Å². The number of hydrogen-bond acceptors (Lipinski definition) is 6. The molecule has 2 aromatic carbocycles. The molecule has 0 bridgehead atoms. The summed E-state index contributed by atoms with van der Waals surface area (Å²) in [7, 11) is 0. The van der Waals surface area contributed by atoms with Crippen LogP contribution in [0.4, 0.5) is 0 Å². The summed E-state index contributed by atoms with van der Waals surface area (Å²) >= 11 is 0. The van der Waals surface area contributed by atoms with Gasteiger partial charge in [-0.15, -0.1) is 0 Å². The van der Waals surface area contributed by atoms with Gasteiger partial charge in [0.25, 0.3) is 5.91 Å². The minimum Gasteiger partial charge on any atom is -0.484 e. The summed E-state index contributed by atoms with van der Waals surface area (Å²) in [4.78, 5) is 27.2. The summed E-state index contributed by atoms with van der Waals surface area (Å²) in [6.07, 6.45) is -0.00385. The van der Waals surface area contributed by atoms with Crippen molar-refractivity contribution in [2.45, 2.75) is 33.0 Å². The molecule has 1 saturated heterocycles. The van der Waals surface area contributed by atoms with Crippen LogP contribution in [0.2, 0.25) is 0 Å². The van der Waals surface area contributed by atoms with Gasteiger partial charge in [0.15, 0.2) is 6.61 Å². The highest BCUT2D eigenvalue weighted by molar-refractivity contribution is 5.80. The molecule has 1 amide bonds. The summed E-state index contributed by atoms with van der Waals surface area (Å²) in [5, 5.41) is 0.381. The fraction of sp³-hybridized carbons (Fsp3) is 0.333. The molecular formula is C24H25NO6. The predicted octanol–water partition coefficient (Wildman–Crippen LogP) is 3.91. The number of benzene rings is 2. The van der Waals surface area contributed by atoms with Gasteiger partial charge in [0.2, 0.25) is 11.2 Å². The van der Waals surface area contributed by atoms with E-state index in [1.807, 2.05) is 32.0 Å². The van der Waals surface area contributed by atoms with E-state index in [1.54, 1.807) is 42.2 Å². The van der Waals surface area contributed by atoms with Crippen molar-refractivity contribution in [3.8, 4) is 17.2 Å². The summed E-state index contributed by atoms with van der Waals surface area (Å²) in [5.41, 5.74) is 0.114. The maximum absolute atomic E-state index is 12.9. The molecule has 0 aliphatic carbocycles. The minimum absolute atomic E-state index is 0.00193. The van der Waals surface area contributed by atoms with Gasteiger partial charge < -0.3 is 23.5 Å². The van der Waals surface area contributed by atoms with Crippen LogP contribution in [-0.4, -0.2) is 42.7 Å². The zero-order valence-electron chi connectivity index (χ0n) is 17.8. The van der Waals surface area contributed by atoms with Crippen molar-refractivity contribution < 1.29 is 23.4 Å². The van der Waals surface area contributed by atoms with Gasteiger partial charge in [0.1, 0.15) is 22.8 Å². The van der Waals surface area contributed by atoms with Gasteiger partial charge >= 0.3 is 0 Å². The summed E-state index contributed by atoms with van der Waals surface area (Å²) in [6, 6.07) is 14.0. The molecule has 2 atom stereocenters. The van der Waals surface area contributed by atoms with Gasteiger partial charge in [-0.1, -0.05) is 18.2 Å². The average Bonchev–Trinajstić information content (AvgIpc) is 2.75. The highest BCUT2D eigenvalue weighted by atomic mass is 16.5. The molecule has 4 rings (SSSR count). The molecule has 162 valence electrons. The lowest BCUT2D eigenvalue weighted by atomic mass is 10.2. The van der Waals surface area contributed by atoms with E-state index in [1.165, 1.54) is 0 Å². The lowest BCUT2D eigenvalue weighted by molar-refractivity contribution is -0.145. The van der Waals surface area contributed by atoms with E-state index in [4.69, 9.17) is 18.6 Å². The normalized spacial score (nSPS) is 18.7. The predicted molar refractivity (Wildman–Crippen MR) is 116 cm³/mol. The van der Waals surface area contributed by atoms with Crippen molar-refractivity contribution in [3.05, 3.63) is 64.5 Å². The van der Waals surface area contributed by atoms with Crippen LogP contribution in [0, 0.1) is 6.92 Å². The minimum atomic E-state index is -0.262. The quantitative estimate of drug-likeness (QED) is 0.619. The van der Waals surface area contributed by atoms with Gasteiger partial charge in [0, 0.05) is 19.2 Å². The topological polar surface area (TPSA) is 78.2 Å². The number of para-hydroxylation sites is 1. The number of carbonyl (C=O) groups excluding carboxylic acids is 1. The number of rotatable bonds is 5. The molecule has 2 heterocycles. The number of amides is 1. The van der Waals surface area contributed by atoms with Crippen LogP contribution in [0.15, 0.2) is 57.7 Å². The second kappa shape index (κ2) is 8.81. The third-order valence-corrected chi connectivity index (χ3v) is 5.08. The van der Waals surface area contributed by atoms with Crippen molar-refractivity contribution in [1.29, 1.82) is 0 Å². The smallest absolute Gasteiger partial charge is 0.260 e. The Balaban J connectivity index is 1.50. The maximum Gasteiger partial charge on any atom is 0.260 e. The lowest BCUT2D eigenvalue weighted by Crippen LogP contribution is -2.49. The monoisotopic (exact) mass is 423 g/mol. The van der Waals surface area contributed by atoms with Crippen LogP contribution < -0.4 is 14.9 Å². The molecule has 0 spiro atoms. The molecule has 1 fully saturated rings. The van der Waals surface area contributed by atoms with Crippen molar-refractivity contribution in [1.82, 2.24) is 4.90 Å². The molecule has 1 aliphatic heterocycles. The Morgan fingerprint density at radius 1 is 1.06 bits per heavy atom. The summed E-state index contributed by atoms with van der Waals surface area (Å²) in [6.45, 7) is 6.56. The van der Waals surface area contributed by atoms with Crippen molar-refractivity contribution in [2.75, 3.05) is 19.7 Å². The largest absolute Gasteiger partial charge is 0.484 e. The van der Waals surface area contributed by atoms with Crippen LogP contribution in [0.25, 0.3) is 11.0 Å². The third-order valence-electron chi connectivity index (χ3n) is 5.08. The molecule has 7 nitrogen and oxygen atoms in total. The molecule has 0 radical (unpaired) electrons. The van der Waals surface area contributed by atoms with E-state index in [0.717, 1.165) is 0 Å². The Morgan fingerprint density at radius 2 is 1.77 bits per heavy atom. The number of fused-ring (bicyclic) bond motifs is 1. The molecule has 0 saturated carbocycles. The number of morpholine rings is 1. The number of nitrogens with zero attached hydrogens (tertiary/aromatic N) is 1. The van der Waals surface area contributed by atoms with Crippen LogP contribution in [0.1, 0.15) is 19.6 Å². The van der Waals surface area contributed by atoms with E-state index in [0.29, 0.717) is 41.3 Å². The van der Waals surface area contributed by atoms with E-state index < -0.39 is 0 Å². The Kier molecular flexibility index (Phi) is 5.95. The van der Waals surface area contributed by atoms with E-state index >= 15 is 0 Å². The SMILES string of the molecule is Cc1oc2cc(OCC(=O)N3C[C@H](C)O[C@@H](C)C3)ccc2c(=O)c1Oc1ccccc1. The lowest BCUT2D eigenvalue weighted by Gasteiger charge is -2.35. The number of aryl methyl sites for hydroxylation is 1. The Labute approximate surface area is 180 Å². The molecule has 7 heteroatoms. The van der Waals surface area contributed by atoms with Gasteiger partial charge in [-0.3, -0.25) is 9.59 Å². The van der Waals surface area contributed by atoms with Gasteiger partial charge in [-0.25, -0.2) is 0 Å². The van der Waals surface area contributed by atoms with Crippen LogP contribution in [0.3, 0.4) is 0 Å². The second-order valence-corrected chi connectivity index (χ2v) is 7.73. The first-order valence-corrected chi connectivity index (χ1v) is 10.3. The molecule has 3 aromatic rings. The molecular weight excluding hydrogens is 398 g/mol. The third kappa shape index (κ3) is 4.72. The van der Waals surface area contributed by atoms with Crippen LogP contribution >= 0.6 is 0 Å². The molecule has 0 N–H and O–H groups in total. The Morgan fingerprint density at radius 3 is 2.48 bits per heavy atom. The standard InChI is InChI=1S/C24H25NO6/c1-15-12-25(13-16(2)29-15)22(26)14-28-19-9-10-20-21(11-19)30-17(3)24(23(20)27)31-18-7-5-4-6-8-18/h4-11,15-16H,12-14H2,1-3H3/t15-,16-/m0/s1. The highest BCUT2D eigenvalue weighted by Gasteiger charge is 2.26. The van der Waals surface area contributed by atoms with E-state index in [-0.39, 0.29) is 35.9 Å². The summed E-state index contributed by atoms with van der Waals surface area (Å²) in [5.74, 6) is 1.42. The van der Waals surface area contributed by atoms with Gasteiger partial charge in [0.05, 0.1) is 17.6 Å². The first kappa shape index (κ1) is 20.9. The van der Waals surface area contributed by atoms with Crippen molar-refractivity contribution in [2.24, 2.45) is 0 Å². The van der Waals surface area contributed by atoms with Gasteiger partial charge in [-0.05, 0) is 45.0 Å². The summed E-state index contributed by atoms with van der Waals surface area (Å²) < 4.78 is 22.9. The van der Waals surface area contributed by atoms with Gasteiger partial charge in [-0.2, -0.15) is 0 Å². The van der Waals surface area contributed by atoms with E-state index in [2.05, 4.69) is 0 Å². The zero-order chi connectivity index (χ0) is 22.0. The molecule has 0 unspecified atom stereocenters. The fourth-order valence-electron chi connectivity index (χ4n) is 3.70. The molecule has 1 aliphatic rings. The molecule has 31 heavy (non-hydrogen) atoms. The first-order valence-electron chi connectivity index (χ1n) is 10.3. The van der Waals surface area contributed by atoms with E-state index in [9.17, 15) is 9.59 Å². The zero-order valence-corrected chi connectivity index (χ0v) is 17.8. The number of hydrogen-bond donors (Lipinski definition) is 0. The fourth-order valence-corrected chi connectivity index (χ4v) is 3.70. The molecule has 1 aromatic heterocycles. The van der Waals surface area contributed by atoms with Crippen LogP contribution in [0.5, 0.6) is 17.2 Å².